The van der Waals surface area contributed by atoms with E-state index in [4.69, 9.17) is 9.47 Å². The molecule has 33 heavy (non-hydrogen) atoms. The second kappa shape index (κ2) is 11.3. The number of fused-ring (bicyclic) bond motifs is 2. The van der Waals surface area contributed by atoms with Crippen LogP contribution in [0, 0.1) is 0 Å². The van der Waals surface area contributed by atoms with Gasteiger partial charge in [0.2, 0.25) is 0 Å². The molecule has 2 aromatic rings. The molecule has 2 aromatic carbocycles. The van der Waals surface area contributed by atoms with Crippen molar-refractivity contribution in [3.05, 3.63) is 70.3 Å². The van der Waals surface area contributed by atoms with Crippen LogP contribution in [0.15, 0.2) is 48.5 Å². The molecular weight excluding hydrogens is 470 g/mol. The summed E-state index contributed by atoms with van der Waals surface area (Å²) in [6.07, 6.45) is 9.19. The maximum atomic E-state index is 11.7. The molecule has 0 aromatic heterocycles. The minimum Gasteiger partial charge on any atom is -0.872 e. The molecule has 2 saturated carbocycles. The summed E-state index contributed by atoms with van der Waals surface area (Å²) in [6.45, 7) is 0. The molecule has 6 rings (SSSR count). The van der Waals surface area contributed by atoms with Gasteiger partial charge < -0.3 is 30.3 Å². The molecule has 0 bridgehead atoms. The Morgan fingerprint density at radius 3 is 1.39 bits per heavy atom. The van der Waals surface area contributed by atoms with Crippen molar-refractivity contribution in [2.24, 2.45) is 0 Å². The summed E-state index contributed by atoms with van der Waals surface area (Å²) < 4.78 is 11.7. The molecule has 174 valence electrons. The molecule has 2 aliphatic carbocycles. The van der Waals surface area contributed by atoms with E-state index in [1.807, 2.05) is 24.3 Å². The van der Waals surface area contributed by atoms with Crippen molar-refractivity contribution >= 4 is 0 Å². The van der Waals surface area contributed by atoms with Crippen LogP contribution < -0.4 is 10.2 Å². The largest absolute Gasteiger partial charge is 0.872 e. The number of rotatable bonds is 2. The van der Waals surface area contributed by atoms with Gasteiger partial charge >= 0.3 is 0 Å². The zero-order valence-corrected chi connectivity index (χ0v) is 21.9. The molecule has 0 N–H and O–H groups in total. The summed E-state index contributed by atoms with van der Waals surface area (Å²) in [5, 5.41) is 32.6. The molecule has 6 nitrogen and oxygen atoms in total. The van der Waals surface area contributed by atoms with Crippen LogP contribution in [0.1, 0.15) is 74.9 Å². The molecule has 2 heterocycles. The zero-order valence-electron chi connectivity index (χ0n) is 19.0. The van der Waals surface area contributed by atoms with Gasteiger partial charge in [-0.25, -0.2) is 0 Å². The Labute approximate surface area is 208 Å². The second-order valence-electron chi connectivity index (χ2n) is 9.13. The maximum Gasteiger partial charge on any atom is 0.0401 e. The van der Waals surface area contributed by atoms with Crippen LogP contribution in [-0.2, 0) is 29.0 Å². The van der Waals surface area contributed by atoms with E-state index in [9.17, 15) is 10.2 Å². The van der Waals surface area contributed by atoms with Crippen molar-refractivity contribution in [2.75, 3.05) is 0 Å². The van der Waals surface area contributed by atoms with Crippen molar-refractivity contribution in [2.45, 2.75) is 88.1 Å². The smallest absolute Gasteiger partial charge is 0.0401 e. The molecule has 0 spiro atoms. The predicted octanol–water partition coefficient (Wildman–Crippen LogP) is 4.95. The van der Waals surface area contributed by atoms with E-state index in [0.29, 0.717) is 23.2 Å². The van der Waals surface area contributed by atoms with Crippen LogP contribution in [0.4, 0.5) is 0 Å². The normalized spacial score (nSPS) is 32.6. The SMILES string of the molecule is [O-]c1ccccc1C1[N-]C2CCCCC2O1.[O-]c1ccccc1C1[N-]C2CCCCC2O1.[Zn]. The molecular formula is C26H30N2O4Zn-4. The van der Waals surface area contributed by atoms with Gasteiger partial charge in [0.25, 0.3) is 0 Å². The van der Waals surface area contributed by atoms with Crippen LogP contribution in [0.25, 0.3) is 10.6 Å². The molecule has 0 radical (unpaired) electrons. The average Bonchev–Trinajstić information content (AvgIpc) is 3.44. The topological polar surface area (TPSA) is 92.8 Å². The quantitative estimate of drug-likeness (QED) is 0.547. The van der Waals surface area contributed by atoms with E-state index in [2.05, 4.69) is 10.6 Å². The second-order valence-corrected chi connectivity index (χ2v) is 9.13. The van der Waals surface area contributed by atoms with E-state index in [0.717, 1.165) is 25.7 Å². The Bertz CT molecular complexity index is 812. The third-order valence-corrected chi connectivity index (χ3v) is 6.97. The first kappa shape index (κ1) is 24.6. The van der Waals surface area contributed by atoms with Gasteiger partial charge in [-0.2, -0.15) is 0 Å². The van der Waals surface area contributed by atoms with Crippen LogP contribution in [0.5, 0.6) is 11.5 Å². The maximum absolute atomic E-state index is 11.7. The Morgan fingerprint density at radius 2 is 1.00 bits per heavy atom. The zero-order chi connectivity index (χ0) is 21.9. The van der Waals surface area contributed by atoms with E-state index in [-0.39, 0.29) is 55.6 Å². The summed E-state index contributed by atoms with van der Waals surface area (Å²) >= 11 is 0. The van der Waals surface area contributed by atoms with Gasteiger partial charge in [-0.3, -0.25) is 0 Å². The predicted molar refractivity (Wildman–Crippen MR) is 118 cm³/mol. The van der Waals surface area contributed by atoms with Gasteiger partial charge in [0.15, 0.2) is 0 Å². The first-order chi connectivity index (χ1) is 15.7. The Kier molecular flexibility index (Phi) is 8.42. The standard InChI is InChI=1S/2C13H16NO2.Zn/c2*15-11-7-3-1-5-9(11)13-14-10-6-2-4-8-12(10)16-13;/h2*1,3,5,7,10,12-13,15H,2,4,6,8H2;/q2*-1;/p-2. The molecule has 2 saturated heterocycles. The van der Waals surface area contributed by atoms with Gasteiger partial charge in [0.05, 0.1) is 0 Å². The summed E-state index contributed by atoms with van der Waals surface area (Å²) in [7, 11) is 0. The number of nitrogens with zero attached hydrogens (tertiary/aromatic N) is 2. The number of benzene rings is 2. The van der Waals surface area contributed by atoms with Gasteiger partial charge in [0.1, 0.15) is 0 Å². The van der Waals surface area contributed by atoms with Crippen molar-refractivity contribution in [3.63, 3.8) is 0 Å². The molecule has 6 unspecified atom stereocenters. The van der Waals surface area contributed by atoms with Gasteiger partial charge in [-0.05, 0) is 36.4 Å². The van der Waals surface area contributed by atoms with Crippen LogP contribution >= 0.6 is 0 Å². The third kappa shape index (κ3) is 5.60. The summed E-state index contributed by atoms with van der Waals surface area (Å²) in [6, 6.07) is 14.7. The van der Waals surface area contributed by atoms with E-state index >= 15 is 0 Å². The van der Waals surface area contributed by atoms with E-state index in [1.54, 1.807) is 24.3 Å². The van der Waals surface area contributed by atoms with Gasteiger partial charge in [-0.15, -0.1) is 23.6 Å². The van der Waals surface area contributed by atoms with E-state index in [1.165, 1.54) is 25.7 Å². The average molecular weight is 500 g/mol. The minimum atomic E-state index is -0.318. The number of para-hydroxylation sites is 2. The summed E-state index contributed by atoms with van der Waals surface area (Å²) in [5.74, 6) is 0.0739. The fourth-order valence-electron chi connectivity index (χ4n) is 5.24. The molecule has 2 aliphatic heterocycles. The molecule has 7 heteroatoms. The molecule has 6 atom stereocenters. The Hall–Kier alpha value is -1.50. The molecule has 4 fully saturated rings. The minimum absolute atomic E-state index is 0. The van der Waals surface area contributed by atoms with Crippen LogP contribution in [0.2, 0.25) is 0 Å². The number of hydrogen-bond donors (Lipinski definition) is 0. The monoisotopic (exact) mass is 498 g/mol. The van der Waals surface area contributed by atoms with E-state index < -0.39 is 0 Å². The summed E-state index contributed by atoms with van der Waals surface area (Å²) in [4.78, 5) is 0. The molecule has 4 aliphatic rings. The van der Waals surface area contributed by atoms with Gasteiger partial charge in [0, 0.05) is 31.7 Å². The number of hydrogen-bond acceptors (Lipinski definition) is 4. The fraction of sp³-hybridized carbons (Fsp3) is 0.538. The van der Waals surface area contributed by atoms with Crippen molar-refractivity contribution in [3.8, 4) is 11.5 Å². The van der Waals surface area contributed by atoms with Crippen molar-refractivity contribution in [1.82, 2.24) is 0 Å². The van der Waals surface area contributed by atoms with Crippen molar-refractivity contribution < 1.29 is 39.2 Å². The fourth-order valence-corrected chi connectivity index (χ4v) is 5.24. The Morgan fingerprint density at radius 1 is 0.606 bits per heavy atom. The first-order valence-electron chi connectivity index (χ1n) is 11.9. The number of ether oxygens (including phenoxy) is 2. The van der Waals surface area contributed by atoms with Crippen LogP contribution in [0.3, 0.4) is 0 Å². The van der Waals surface area contributed by atoms with Gasteiger partial charge in [-0.1, -0.05) is 87.1 Å². The Balaban J connectivity index is 0.000000152. The molecule has 0 amide bonds. The first-order valence-corrected chi connectivity index (χ1v) is 11.9. The summed E-state index contributed by atoms with van der Waals surface area (Å²) in [5.41, 5.74) is 1.38. The van der Waals surface area contributed by atoms with Crippen LogP contribution in [-0.4, -0.2) is 24.3 Å². The van der Waals surface area contributed by atoms with Crippen molar-refractivity contribution in [1.29, 1.82) is 0 Å². The third-order valence-electron chi connectivity index (χ3n) is 6.97.